The Morgan fingerprint density at radius 2 is 2.13 bits per heavy atom. The molecule has 90 valence electrons. The molecule has 1 aliphatic rings. The summed E-state index contributed by atoms with van der Waals surface area (Å²) >= 11 is 2.05. The van der Waals surface area contributed by atoms with E-state index >= 15 is 0 Å². The van der Waals surface area contributed by atoms with Crippen molar-refractivity contribution in [1.29, 1.82) is 0 Å². The van der Waals surface area contributed by atoms with Gasteiger partial charge in [0.05, 0.1) is 0 Å². The minimum atomic E-state index is 0.232. The molecule has 1 rings (SSSR count). The quantitative estimate of drug-likeness (QED) is 0.778. The van der Waals surface area contributed by atoms with E-state index in [-0.39, 0.29) is 12.0 Å². The molecule has 1 aliphatic heterocycles. The number of rotatable bonds is 4. The predicted octanol–water partition coefficient (Wildman–Crippen LogP) is 2.27. The van der Waals surface area contributed by atoms with Gasteiger partial charge >= 0.3 is 0 Å². The summed E-state index contributed by atoms with van der Waals surface area (Å²) in [5.74, 6) is 1.27. The van der Waals surface area contributed by atoms with Gasteiger partial charge in [0, 0.05) is 23.9 Å². The average molecular weight is 231 g/mol. The van der Waals surface area contributed by atoms with Crippen LogP contribution >= 0.6 is 11.8 Å². The van der Waals surface area contributed by atoms with E-state index in [0.717, 1.165) is 6.42 Å². The summed E-state index contributed by atoms with van der Waals surface area (Å²) in [6.07, 6.45) is 2.13. The molecule has 0 radical (unpaired) electrons. The van der Waals surface area contributed by atoms with Crippen molar-refractivity contribution in [2.24, 2.45) is 5.41 Å². The van der Waals surface area contributed by atoms with Gasteiger partial charge in [-0.3, -0.25) is 0 Å². The van der Waals surface area contributed by atoms with Crippen molar-refractivity contribution in [3.63, 3.8) is 0 Å². The zero-order chi connectivity index (χ0) is 11.5. The van der Waals surface area contributed by atoms with Gasteiger partial charge in [0.2, 0.25) is 0 Å². The number of hydrogen-bond donors (Lipinski definition) is 2. The first kappa shape index (κ1) is 13.3. The molecule has 0 spiro atoms. The van der Waals surface area contributed by atoms with Crippen LogP contribution in [-0.2, 0) is 0 Å². The van der Waals surface area contributed by atoms with Crippen molar-refractivity contribution >= 4 is 11.8 Å². The summed E-state index contributed by atoms with van der Waals surface area (Å²) in [4.78, 5) is 0. The Balaban J connectivity index is 2.50. The van der Waals surface area contributed by atoms with Crippen LogP contribution in [0.3, 0.4) is 0 Å². The van der Waals surface area contributed by atoms with E-state index in [9.17, 15) is 0 Å². The van der Waals surface area contributed by atoms with Crippen LogP contribution < -0.4 is 5.32 Å². The molecule has 1 saturated heterocycles. The van der Waals surface area contributed by atoms with Crippen molar-refractivity contribution < 1.29 is 5.11 Å². The van der Waals surface area contributed by atoms with E-state index in [2.05, 4.69) is 44.8 Å². The molecule has 1 fully saturated rings. The molecule has 0 saturated carbocycles. The topological polar surface area (TPSA) is 32.3 Å². The van der Waals surface area contributed by atoms with Crippen LogP contribution in [0.4, 0.5) is 0 Å². The van der Waals surface area contributed by atoms with Crippen LogP contribution in [0.1, 0.15) is 40.5 Å². The summed E-state index contributed by atoms with van der Waals surface area (Å²) in [6, 6.07) is 1.06. The fourth-order valence-electron chi connectivity index (χ4n) is 2.10. The van der Waals surface area contributed by atoms with Gasteiger partial charge in [0.15, 0.2) is 0 Å². The van der Waals surface area contributed by atoms with Crippen molar-refractivity contribution in [2.45, 2.75) is 57.9 Å². The minimum absolute atomic E-state index is 0.232. The van der Waals surface area contributed by atoms with Crippen LogP contribution in [0.25, 0.3) is 0 Å². The molecule has 3 unspecified atom stereocenters. The van der Waals surface area contributed by atoms with Gasteiger partial charge in [0.25, 0.3) is 0 Å². The number of hydrogen-bond acceptors (Lipinski definition) is 3. The van der Waals surface area contributed by atoms with Crippen LogP contribution in [0.2, 0.25) is 0 Å². The molecule has 0 aromatic carbocycles. The number of nitrogens with one attached hydrogen (secondary N) is 1. The number of thioether (sulfide) groups is 1. The first-order chi connectivity index (χ1) is 6.95. The summed E-state index contributed by atoms with van der Waals surface area (Å²) in [5.41, 5.74) is 0.232. The maximum absolute atomic E-state index is 9.09. The molecule has 2 N–H and O–H groups in total. The lowest BCUT2D eigenvalue weighted by Gasteiger charge is -2.34. The second-order valence-corrected chi connectivity index (χ2v) is 7.05. The third kappa shape index (κ3) is 3.97. The highest BCUT2D eigenvalue weighted by Gasteiger charge is 2.30. The zero-order valence-electron chi connectivity index (χ0n) is 10.4. The van der Waals surface area contributed by atoms with E-state index in [0.29, 0.717) is 17.3 Å². The average Bonchev–Trinajstić information content (AvgIpc) is 2.49. The van der Waals surface area contributed by atoms with Crippen molar-refractivity contribution in [1.82, 2.24) is 5.32 Å². The smallest absolute Gasteiger partial charge is 0.0446 e. The van der Waals surface area contributed by atoms with Gasteiger partial charge < -0.3 is 10.4 Å². The maximum atomic E-state index is 9.09. The lowest BCUT2D eigenvalue weighted by molar-refractivity contribution is 0.185. The third-order valence-corrected chi connectivity index (χ3v) is 4.58. The standard InChI is InChI=1S/C12H25NOS/c1-9-10(6-8-15-9)13-11(5-7-14)12(2,3)4/h9-11,13-14H,5-8H2,1-4H3. The van der Waals surface area contributed by atoms with Crippen molar-refractivity contribution in [3.8, 4) is 0 Å². The second kappa shape index (κ2) is 5.55. The molecule has 0 aromatic rings. The maximum Gasteiger partial charge on any atom is 0.0446 e. The molecule has 3 heteroatoms. The second-order valence-electron chi connectivity index (χ2n) is 5.57. The lowest BCUT2D eigenvalue weighted by atomic mass is 9.84. The molecule has 0 aromatic heterocycles. The molecule has 0 amide bonds. The van der Waals surface area contributed by atoms with Gasteiger partial charge in [0.1, 0.15) is 0 Å². The Hall–Kier alpha value is 0.270. The highest BCUT2D eigenvalue weighted by atomic mass is 32.2. The molecule has 15 heavy (non-hydrogen) atoms. The predicted molar refractivity (Wildman–Crippen MR) is 68.4 cm³/mol. The fraction of sp³-hybridized carbons (Fsp3) is 1.00. The van der Waals surface area contributed by atoms with Gasteiger partial charge in [-0.2, -0.15) is 11.8 Å². The minimum Gasteiger partial charge on any atom is -0.396 e. The third-order valence-electron chi connectivity index (χ3n) is 3.25. The summed E-state index contributed by atoms with van der Waals surface area (Å²) in [6.45, 7) is 9.31. The zero-order valence-corrected chi connectivity index (χ0v) is 11.2. The highest BCUT2D eigenvalue weighted by molar-refractivity contribution is 8.00. The van der Waals surface area contributed by atoms with Gasteiger partial charge in [-0.25, -0.2) is 0 Å². The Morgan fingerprint density at radius 3 is 2.53 bits per heavy atom. The summed E-state index contributed by atoms with van der Waals surface area (Å²) in [7, 11) is 0. The van der Waals surface area contributed by atoms with E-state index in [1.165, 1.54) is 12.2 Å². The monoisotopic (exact) mass is 231 g/mol. The van der Waals surface area contributed by atoms with E-state index in [1.807, 2.05) is 0 Å². The SMILES string of the molecule is CC1SCCC1NC(CCO)C(C)(C)C. The normalized spacial score (nSPS) is 29.4. The van der Waals surface area contributed by atoms with Crippen LogP contribution in [0.15, 0.2) is 0 Å². The highest BCUT2D eigenvalue weighted by Crippen LogP contribution is 2.29. The number of aliphatic hydroxyl groups excluding tert-OH is 1. The molecule has 3 atom stereocenters. The van der Waals surface area contributed by atoms with Gasteiger partial charge in [-0.05, 0) is 24.0 Å². The Labute approximate surface area is 98.2 Å². The summed E-state index contributed by atoms with van der Waals surface area (Å²) in [5, 5.41) is 13.5. The first-order valence-electron chi connectivity index (χ1n) is 5.93. The van der Waals surface area contributed by atoms with Crippen LogP contribution in [0, 0.1) is 5.41 Å². The first-order valence-corrected chi connectivity index (χ1v) is 6.98. The Bertz CT molecular complexity index is 191. The lowest BCUT2D eigenvalue weighted by Crippen LogP contribution is -2.48. The van der Waals surface area contributed by atoms with Gasteiger partial charge in [-0.1, -0.05) is 27.7 Å². The van der Waals surface area contributed by atoms with Crippen molar-refractivity contribution in [2.75, 3.05) is 12.4 Å². The van der Waals surface area contributed by atoms with E-state index in [1.54, 1.807) is 0 Å². The molecule has 1 heterocycles. The molecule has 2 nitrogen and oxygen atoms in total. The van der Waals surface area contributed by atoms with Crippen LogP contribution in [0.5, 0.6) is 0 Å². The van der Waals surface area contributed by atoms with E-state index < -0.39 is 0 Å². The Morgan fingerprint density at radius 1 is 1.47 bits per heavy atom. The van der Waals surface area contributed by atoms with Gasteiger partial charge in [-0.15, -0.1) is 0 Å². The van der Waals surface area contributed by atoms with E-state index in [4.69, 9.17) is 5.11 Å². The largest absolute Gasteiger partial charge is 0.396 e. The molecular formula is C12H25NOS. The fourth-order valence-corrected chi connectivity index (χ4v) is 3.31. The molecule has 0 bridgehead atoms. The van der Waals surface area contributed by atoms with Crippen molar-refractivity contribution in [3.05, 3.63) is 0 Å². The molecular weight excluding hydrogens is 206 g/mol. The molecule has 0 aliphatic carbocycles. The number of aliphatic hydroxyl groups is 1. The Kier molecular flexibility index (Phi) is 4.94. The summed E-state index contributed by atoms with van der Waals surface area (Å²) < 4.78 is 0. The van der Waals surface area contributed by atoms with Crippen LogP contribution in [-0.4, -0.2) is 34.8 Å².